The molecule has 0 radical (unpaired) electrons. The van der Waals surface area contributed by atoms with Crippen LogP contribution in [0.4, 0.5) is 0 Å². The van der Waals surface area contributed by atoms with Gasteiger partial charge in [0.15, 0.2) is 6.61 Å². The molecule has 1 heterocycles. The largest absolute Gasteiger partial charge is 0.482 e. The van der Waals surface area contributed by atoms with Gasteiger partial charge in [-0.25, -0.2) is 0 Å². The standard InChI is InChI=1S/C14H11Cl3N2O2/c15-10-4-12(17)13(5-11(10)16)21-8-14(20)19-7-9-2-1-3-18-6-9/h1-6H,7-8H2,(H,19,20). The molecule has 1 aromatic carbocycles. The van der Waals surface area contributed by atoms with Crippen LogP contribution in [0.15, 0.2) is 36.7 Å². The number of carbonyl (C=O) groups is 1. The zero-order valence-corrected chi connectivity index (χ0v) is 13.0. The number of aromatic nitrogens is 1. The third-order valence-corrected chi connectivity index (χ3v) is 3.56. The minimum absolute atomic E-state index is 0.169. The monoisotopic (exact) mass is 344 g/mol. The number of pyridine rings is 1. The van der Waals surface area contributed by atoms with Gasteiger partial charge in [-0.05, 0) is 17.7 Å². The first-order chi connectivity index (χ1) is 10.1. The van der Waals surface area contributed by atoms with Crippen LogP contribution in [0, 0.1) is 0 Å². The van der Waals surface area contributed by atoms with E-state index in [-0.39, 0.29) is 12.5 Å². The van der Waals surface area contributed by atoms with Gasteiger partial charge in [0.05, 0.1) is 15.1 Å². The van der Waals surface area contributed by atoms with E-state index in [1.54, 1.807) is 18.5 Å². The summed E-state index contributed by atoms with van der Waals surface area (Å²) in [6.45, 7) is 0.211. The van der Waals surface area contributed by atoms with Gasteiger partial charge in [-0.1, -0.05) is 40.9 Å². The molecule has 2 aromatic rings. The van der Waals surface area contributed by atoms with Crippen LogP contribution in [0.1, 0.15) is 5.56 Å². The van der Waals surface area contributed by atoms with Crippen LogP contribution in [0.3, 0.4) is 0 Å². The molecule has 0 unspecified atom stereocenters. The Balaban J connectivity index is 1.85. The van der Waals surface area contributed by atoms with E-state index in [9.17, 15) is 4.79 Å². The van der Waals surface area contributed by atoms with Crippen LogP contribution in [0.5, 0.6) is 5.75 Å². The van der Waals surface area contributed by atoms with Crippen LogP contribution in [-0.4, -0.2) is 17.5 Å². The van der Waals surface area contributed by atoms with E-state index in [1.807, 2.05) is 6.07 Å². The van der Waals surface area contributed by atoms with Gasteiger partial charge in [0.1, 0.15) is 5.75 Å². The number of carbonyl (C=O) groups excluding carboxylic acids is 1. The summed E-state index contributed by atoms with van der Waals surface area (Å²) >= 11 is 17.6. The second-order valence-electron chi connectivity index (χ2n) is 4.12. The fraction of sp³-hybridized carbons (Fsp3) is 0.143. The predicted octanol–water partition coefficient (Wildman–Crippen LogP) is 3.74. The molecule has 0 spiro atoms. The van der Waals surface area contributed by atoms with Crippen molar-refractivity contribution in [2.75, 3.05) is 6.61 Å². The minimum atomic E-state index is -0.277. The van der Waals surface area contributed by atoms with Crippen molar-refractivity contribution in [3.63, 3.8) is 0 Å². The van der Waals surface area contributed by atoms with Crippen LogP contribution in [0.2, 0.25) is 15.1 Å². The molecule has 1 aromatic heterocycles. The number of benzene rings is 1. The summed E-state index contributed by atoms with van der Waals surface area (Å²) in [6, 6.07) is 6.60. The Kier molecular flexibility index (Phi) is 5.67. The molecule has 0 saturated heterocycles. The molecule has 0 aliphatic rings. The summed E-state index contributed by atoms with van der Waals surface area (Å²) < 4.78 is 5.32. The number of hydrogen-bond acceptors (Lipinski definition) is 3. The summed E-state index contributed by atoms with van der Waals surface area (Å²) in [6.07, 6.45) is 3.34. The highest BCUT2D eigenvalue weighted by Gasteiger charge is 2.09. The molecular formula is C14H11Cl3N2O2. The molecule has 0 aliphatic carbocycles. The van der Waals surface area contributed by atoms with Crippen LogP contribution < -0.4 is 10.1 Å². The number of nitrogens with one attached hydrogen (secondary N) is 1. The van der Waals surface area contributed by atoms with Gasteiger partial charge >= 0.3 is 0 Å². The number of nitrogens with zero attached hydrogens (tertiary/aromatic N) is 1. The molecule has 1 N–H and O–H groups in total. The molecule has 0 saturated carbocycles. The van der Waals surface area contributed by atoms with Gasteiger partial charge in [-0.3, -0.25) is 9.78 Å². The Hall–Kier alpha value is -1.49. The van der Waals surface area contributed by atoms with E-state index in [0.717, 1.165) is 5.56 Å². The average Bonchev–Trinajstić information content (AvgIpc) is 2.48. The second kappa shape index (κ2) is 7.50. The summed E-state index contributed by atoms with van der Waals surface area (Å²) in [5, 5.41) is 3.65. The SMILES string of the molecule is O=C(COc1cc(Cl)c(Cl)cc1Cl)NCc1cccnc1. The lowest BCUT2D eigenvalue weighted by molar-refractivity contribution is -0.123. The molecule has 0 bridgehead atoms. The van der Waals surface area contributed by atoms with Crippen LogP contribution in [-0.2, 0) is 11.3 Å². The molecule has 1 amide bonds. The van der Waals surface area contributed by atoms with E-state index < -0.39 is 0 Å². The van der Waals surface area contributed by atoms with E-state index >= 15 is 0 Å². The van der Waals surface area contributed by atoms with Gasteiger partial charge in [-0.2, -0.15) is 0 Å². The number of amides is 1. The zero-order chi connectivity index (χ0) is 15.2. The molecule has 0 atom stereocenters. The second-order valence-corrected chi connectivity index (χ2v) is 5.35. The summed E-state index contributed by atoms with van der Waals surface area (Å²) in [7, 11) is 0. The highest BCUT2D eigenvalue weighted by molar-refractivity contribution is 6.43. The Bertz CT molecular complexity index is 636. The van der Waals surface area contributed by atoms with Crippen molar-refractivity contribution in [3.8, 4) is 5.75 Å². The summed E-state index contributed by atoms with van der Waals surface area (Å²) in [4.78, 5) is 15.7. The molecule has 2 rings (SSSR count). The van der Waals surface area contributed by atoms with E-state index in [4.69, 9.17) is 39.5 Å². The van der Waals surface area contributed by atoms with E-state index in [0.29, 0.717) is 27.4 Å². The minimum Gasteiger partial charge on any atom is -0.482 e. The van der Waals surface area contributed by atoms with Gasteiger partial charge in [0.2, 0.25) is 0 Å². The van der Waals surface area contributed by atoms with Crippen molar-refractivity contribution >= 4 is 40.7 Å². The van der Waals surface area contributed by atoms with Crippen molar-refractivity contribution in [1.29, 1.82) is 0 Å². The molecule has 110 valence electrons. The molecule has 0 aliphatic heterocycles. The van der Waals surface area contributed by atoms with Gasteiger partial charge in [0, 0.05) is 25.0 Å². The van der Waals surface area contributed by atoms with Crippen molar-refractivity contribution in [3.05, 3.63) is 57.3 Å². The first kappa shape index (κ1) is 15.9. The average molecular weight is 346 g/mol. The number of ether oxygens (including phenoxy) is 1. The smallest absolute Gasteiger partial charge is 0.258 e. The Morgan fingerprint density at radius 3 is 2.67 bits per heavy atom. The predicted molar refractivity (Wildman–Crippen MR) is 83.1 cm³/mol. The van der Waals surface area contributed by atoms with Crippen molar-refractivity contribution in [1.82, 2.24) is 10.3 Å². The molecule has 4 nitrogen and oxygen atoms in total. The summed E-state index contributed by atoms with van der Waals surface area (Å²) in [5.74, 6) is 0.0311. The third kappa shape index (κ3) is 4.77. The number of rotatable bonds is 5. The quantitative estimate of drug-likeness (QED) is 0.840. The molecule has 0 fully saturated rings. The number of halogens is 3. The lowest BCUT2D eigenvalue weighted by atomic mass is 10.3. The maximum atomic E-state index is 11.7. The lowest BCUT2D eigenvalue weighted by Crippen LogP contribution is -2.28. The normalized spacial score (nSPS) is 10.2. The summed E-state index contributed by atoms with van der Waals surface area (Å²) in [5.41, 5.74) is 0.901. The Morgan fingerprint density at radius 2 is 1.95 bits per heavy atom. The first-order valence-corrected chi connectivity index (χ1v) is 7.12. The molecule has 7 heteroatoms. The van der Waals surface area contributed by atoms with E-state index in [2.05, 4.69) is 10.3 Å². The fourth-order valence-electron chi connectivity index (χ4n) is 1.51. The maximum absolute atomic E-state index is 11.7. The zero-order valence-electron chi connectivity index (χ0n) is 10.8. The highest BCUT2D eigenvalue weighted by atomic mass is 35.5. The van der Waals surface area contributed by atoms with Crippen molar-refractivity contribution in [2.45, 2.75) is 6.54 Å². The maximum Gasteiger partial charge on any atom is 0.258 e. The van der Waals surface area contributed by atoms with E-state index in [1.165, 1.54) is 12.1 Å². The van der Waals surface area contributed by atoms with Crippen molar-refractivity contribution in [2.24, 2.45) is 0 Å². The topological polar surface area (TPSA) is 51.2 Å². The molecular weight excluding hydrogens is 335 g/mol. The fourth-order valence-corrected chi connectivity index (χ4v) is 2.10. The molecule has 21 heavy (non-hydrogen) atoms. The van der Waals surface area contributed by atoms with Crippen LogP contribution >= 0.6 is 34.8 Å². The van der Waals surface area contributed by atoms with Crippen LogP contribution in [0.25, 0.3) is 0 Å². The van der Waals surface area contributed by atoms with Gasteiger partial charge in [0.25, 0.3) is 5.91 Å². The number of hydrogen-bond donors (Lipinski definition) is 1. The Labute approximate surface area is 137 Å². The Morgan fingerprint density at radius 1 is 1.19 bits per heavy atom. The highest BCUT2D eigenvalue weighted by Crippen LogP contribution is 2.33. The third-order valence-electron chi connectivity index (χ3n) is 2.55. The van der Waals surface area contributed by atoms with Gasteiger partial charge < -0.3 is 10.1 Å². The van der Waals surface area contributed by atoms with Gasteiger partial charge in [-0.15, -0.1) is 0 Å². The lowest BCUT2D eigenvalue weighted by Gasteiger charge is -2.09. The first-order valence-electron chi connectivity index (χ1n) is 5.99. The van der Waals surface area contributed by atoms with Crippen molar-refractivity contribution < 1.29 is 9.53 Å².